The van der Waals surface area contributed by atoms with Gasteiger partial charge in [0, 0.05) is 6.92 Å². The van der Waals surface area contributed by atoms with Crippen LogP contribution in [0.2, 0.25) is 0 Å². The molecule has 1 N–H and O–H groups in total. The van der Waals surface area contributed by atoms with Crippen LogP contribution >= 0.6 is 0 Å². The van der Waals surface area contributed by atoms with Crippen LogP contribution < -0.4 is 5.82 Å². The second kappa shape index (κ2) is 1.40. The molecule has 0 bridgehead atoms. The van der Waals surface area contributed by atoms with Gasteiger partial charge in [0.2, 0.25) is 0 Å². The van der Waals surface area contributed by atoms with Crippen LogP contribution in [-0.2, 0) is 0 Å². The summed E-state index contributed by atoms with van der Waals surface area (Å²) in [4.78, 5) is 10.0. The molecule has 8 heavy (non-hydrogen) atoms. The van der Waals surface area contributed by atoms with Crippen LogP contribution in [0.15, 0.2) is 13.6 Å². The molecule has 4 heteroatoms. The molecule has 44 valence electrons. The predicted octanol–water partition coefficient (Wildman–Crippen LogP) is 0.247. The lowest BCUT2D eigenvalue weighted by Crippen LogP contribution is -1.84. The van der Waals surface area contributed by atoms with E-state index in [-0.39, 0.29) is 5.76 Å². The molecule has 1 aromatic heterocycles. The Morgan fingerprint density at radius 3 is 2.25 bits per heavy atom. The molecule has 1 heterocycles. The lowest BCUT2D eigenvalue weighted by atomic mass is 10.6. The summed E-state index contributed by atoms with van der Waals surface area (Å²) < 4.78 is 8.29. The van der Waals surface area contributed by atoms with Gasteiger partial charge in [-0.15, -0.1) is 0 Å². The maximum absolute atomic E-state index is 10.0. The van der Waals surface area contributed by atoms with Gasteiger partial charge in [-0.05, 0) is 0 Å². The number of hydrogen-bond acceptors (Lipinski definition) is 4. The Morgan fingerprint density at radius 2 is 2.12 bits per heavy atom. The minimum Gasteiger partial charge on any atom is -0.478 e. The Kier molecular flexibility index (Phi) is 0.865. The van der Waals surface area contributed by atoms with Crippen LogP contribution in [0.5, 0.6) is 5.95 Å². The molecular formula is C4H4O4. The number of aryl methyl sites for hydroxylation is 1. The van der Waals surface area contributed by atoms with Gasteiger partial charge in [0.05, 0.1) is 0 Å². The summed E-state index contributed by atoms with van der Waals surface area (Å²) >= 11 is 0. The second-order valence-electron chi connectivity index (χ2n) is 1.32. The molecule has 0 amide bonds. The van der Waals surface area contributed by atoms with Crippen molar-refractivity contribution in [2.24, 2.45) is 0 Å². The van der Waals surface area contributed by atoms with E-state index in [2.05, 4.69) is 8.83 Å². The first-order valence-corrected chi connectivity index (χ1v) is 1.99. The van der Waals surface area contributed by atoms with Crippen molar-refractivity contribution in [2.45, 2.75) is 6.92 Å². The highest BCUT2D eigenvalue weighted by Gasteiger charge is 2.02. The van der Waals surface area contributed by atoms with E-state index in [9.17, 15) is 4.79 Å². The van der Waals surface area contributed by atoms with Crippen molar-refractivity contribution >= 4 is 0 Å². The SMILES string of the molecule is Cc1oc(=O)oc1O. The second-order valence-corrected chi connectivity index (χ2v) is 1.32. The maximum atomic E-state index is 10.0. The van der Waals surface area contributed by atoms with Gasteiger partial charge in [0.15, 0.2) is 5.76 Å². The summed E-state index contributed by atoms with van der Waals surface area (Å²) in [7, 11) is 0. The molecule has 0 aliphatic heterocycles. The maximum Gasteiger partial charge on any atom is 0.521 e. The highest BCUT2D eigenvalue weighted by molar-refractivity contribution is 5.03. The van der Waals surface area contributed by atoms with Crippen molar-refractivity contribution in [2.75, 3.05) is 0 Å². The van der Waals surface area contributed by atoms with E-state index >= 15 is 0 Å². The van der Waals surface area contributed by atoms with Crippen LogP contribution in [0.25, 0.3) is 0 Å². The highest BCUT2D eigenvalue weighted by Crippen LogP contribution is 2.10. The summed E-state index contributed by atoms with van der Waals surface area (Å²) in [5.41, 5.74) is 0. The normalized spacial score (nSPS) is 9.62. The minimum absolute atomic E-state index is 0.106. The van der Waals surface area contributed by atoms with Crippen LogP contribution in [0, 0.1) is 6.92 Å². The zero-order chi connectivity index (χ0) is 6.15. The first kappa shape index (κ1) is 4.96. The molecule has 0 spiro atoms. The van der Waals surface area contributed by atoms with E-state index in [1.54, 1.807) is 0 Å². The monoisotopic (exact) mass is 116 g/mol. The average Bonchev–Trinajstić information content (AvgIpc) is 1.85. The minimum atomic E-state index is -0.875. The Hall–Kier alpha value is -1.19. The van der Waals surface area contributed by atoms with Crippen molar-refractivity contribution < 1.29 is 13.9 Å². The number of aromatic hydroxyl groups is 1. The quantitative estimate of drug-likeness (QED) is 0.527. The van der Waals surface area contributed by atoms with Crippen LogP contribution in [0.1, 0.15) is 5.76 Å². The zero-order valence-corrected chi connectivity index (χ0v) is 4.17. The fourth-order valence-electron chi connectivity index (χ4n) is 0.340. The lowest BCUT2D eigenvalue weighted by molar-refractivity contribution is 0.303. The van der Waals surface area contributed by atoms with Gasteiger partial charge in [-0.2, -0.15) is 0 Å². The van der Waals surface area contributed by atoms with Gasteiger partial charge in [0.25, 0.3) is 0 Å². The standard InChI is InChI=1S/C4H4O4/c1-2-3(5)8-4(6)7-2/h5H,1H3. The van der Waals surface area contributed by atoms with E-state index in [0.29, 0.717) is 0 Å². The van der Waals surface area contributed by atoms with Gasteiger partial charge >= 0.3 is 11.8 Å². The molecule has 0 aromatic carbocycles. The molecule has 0 aliphatic carbocycles. The van der Waals surface area contributed by atoms with Crippen molar-refractivity contribution in [1.82, 2.24) is 0 Å². The first-order valence-electron chi connectivity index (χ1n) is 1.99. The molecule has 0 unspecified atom stereocenters. The van der Waals surface area contributed by atoms with E-state index in [1.807, 2.05) is 0 Å². The zero-order valence-electron chi connectivity index (χ0n) is 4.17. The molecule has 0 saturated heterocycles. The van der Waals surface area contributed by atoms with E-state index in [4.69, 9.17) is 5.11 Å². The van der Waals surface area contributed by atoms with E-state index in [1.165, 1.54) is 6.92 Å². The van der Waals surface area contributed by atoms with Crippen LogP contribution in [-0.4, -0.2) is 5.11 Å². The molecular weight excluding hydrogens is 112 g/mol. The van der Waals surface area contributed by atoms with Gasteiger partial charge in [-0.25, -0.2) is 4.79 Å². The van der Waals surface area contributed by atoms with Gasteiger partial charge in [-0.3, -0.25) is 0 Å². The van der Waals surface area contributed by atoms with Crippen molar-refractivity contribution in [3.8, 4) is 5.95 Å². The summed E-state index contributed by atoms with van der Waals surface area (Å²) in [6, 6.07) is 0. The average molecular weight is 116 g/mol. The molecule has 4 nitrogen and oxygen atoms in total. The summed E-state index contributed by atoms with van der Waals surface area (Å²) in [5.74, 6) is -1.22. The molecule has 0 aliphatic rings. The molecule has 0 atom stereocenters. The fourth-order valence-corrected chi connectivity index (χ4v) is 0.340. The third-order valence-corrected chi connectivity index (χ3v) is 0.718. The summed E-state index contributed by atoms with van der Waals surface area (Å²) in [6.45, 7) is 1.43. The van der Waals surface area contributed by atoms with Crippen molar-refractivity contribution in [1.29, 1.82) is 0 Å². The van der Waals surface area contributed by atoms with E-state index in [0.717, 1.165) is 0 Å². The Morgan fingerprint density at radius 1 is 1.50 bits per heavy atom. The van der Waals surface area contributed by atoms with Gasteiger partial charge < -0.3 is 13.9 Å². The first-order chi connectivity index (χ1) is 3.70. The lowest BCUT2D eigenvalue weighted by Gasteiger charge is -1.73. The summed E-state index contributed by atoms with van der Waals surface area (Å²) in [6.07, 6.45) is 0. The topological polar surface area (TPSA) is 63.6 Å². The molecule has 1 rings (SSSR count). The largest absolute Gasteiger partial charge is 0.521 e. The van der Waals surface area contributed by atoms with Gasteiger partial charge in [-0.1, -0.05) is 0 Å². The van der Waals surface area contributed by atoms with Gasteiger partial charge in [0.1, 0.15) is 0 Å². The van der Waals surface area contributed by atoms with Crippen molar-refractivity contribution in [3.05, 3.63) is 16.4 Å². The third-order valence-electron chi connectivity index (χ3n) is 0.718. The number of hydrogen-bond donors (Lipinski definition) is 1. The summed E-state index contributed by atoms with van der Waals surface area (Å²) in [5, 5.41) is 8.48. The fraction of sp³-hybridized carbons (Fsp3) is 0.250. The predicted molar refractivity (Wildman–Crippen MR) is 23.6 cm³/mol. The third kappa shape index (κ3) is 0.598. The Bertz CT molecular complexity index is 208. The van der Waals surface area contributed by atoms with Crippen molar-refractivity contribution in [3.63, 3.8) is 0 Å². The molecule has 0 saturated carbocycles. The molecule has 0 radical (unpaired) electrons. The van der Waals surface area contributed by atoms with E-state index < -0.39 is 11.8 Å². The Labute approximate surface area is 44.4 Å². The highest BCUT2D eigenvalue weighted by atomic mass is 16.6. The molecule has 1 aromatic rings. The van der Waals surface area contributed by atoms with Crippen LogP contribution in [0.3, 0.4) is 0 Å². The number of rotatable bonds is 0. The molecule has 0 fully saturated rings. The smallest absolute Gasteiger partial charge is 0.478 e. The Balaban J connectivity index is 3.35. The van der Waals surface area contributed by atoms with Crippen LogP contribution in [0.4, 0.5) is 0 Å².